The zero-order valence-corrected chi connectivity index (χ0v) is 71.5. The summed E-state index contributed by atoms with van der Waals surface area (Å²) in [6.07, 6.45) is 0. The number of furan rings is 2. The van der Waals surface area contributed by atoms with Gasteiger partial charge in [0.1, 0.15) is 22.3 Å². The Hall–Kier alpha value is -17.7. The fourth-order valence-corrected chi connectivity index (χ4v) is 18.9. The Kier molecular flexibility index (Phi) is 19.8. The molecule has 132 heavy (non-hydrogen) atoms. The number of hydrogen-bond acceptors (Lipinski definition) is 8. The molecule has 0 fully saturated rings. The number of rotatable bonds is 15. The fraction of sp³-hybridized carbons (Fsp3) is 0. The molecule has 0 aliphatic rings. The molecule has 616 valence electrons. The van der Waals surface area contributed by atoms with E-state index in [-0.39, 0.29) is 0 Å². The van der Waals surface area contributed by atoms with Crippen molar-refractivity contribution in [2.75, 3.05) is 0 Å². The highest BCUT2D eigenvalue weighted by molar-refractivity contribution is 6.29. The van der Waals surface area contributed by atoms with Crippen LogP contribution in [-0.4, -0.2) is 29.9 Å². The molecule has 0 aliphatic carbocycles. The van der Waals surface area contributed by atoms with Crippen molar-refractivity contribution in [1.82, 2.24) is 29.9 Å². The van der Waals surface area contributed by atoms with Crippen LogP contribution >= 0.6 is 0 Å². The van der Waals surface area contributed by atoms with Crippen LogP contribution in [0.5, 0.6) is 0 Å². The van der Waals surface area contributed by atoms with Crippen molar-refractivity contribution in [2.45, 2.75) is 0 Å². The van der Waals surface area contributed by atoms with Crippen LogP contribution in [0.3, 0.4) is 0 Å². The van der Waals surface area contributed by atoms with Crippen molar-refractivity contribution in [3.63, 3.8) is 0 Å². The second-order valence-corrected chi connectivity index (χ2v) is 33.4. The molecular weight excluding hydrogens is 1610 g/mol. The van der Waals surface area contributed by atoms with E-state index < -0.39 is 0 Å². The SMILES string of the molecule is c1ccc(-c2ccc(-c3cc(-c4ccc(-c5ccccc5)cc4)nc(-c4ccc(-c5ccc(-c6nc7ccccc7c7c(-c8ccccc8)c8c(cc67)oc6ccccc68)cc5)cc4)n3)cc2)cc1.c1ccc(-c2ccc(-c3cc(-c4ccccc4)nc(-c4ccc(-c5ccc(-c6nc7ccccc7c7c(-c8ccccc8)c8c(cc67)oc6ccccc68)cc5)cc4)n3)cc2)cc1. The van der Waals surface area contributed by atoms with Crippen molar-refractivity contribution in [2.24, 2.45) is 0 Å². The van der Waals surface area contributed by atoms with Gasteiger partial charge in [-0.25, -0.2) is 29.9 Å². The average molecular weight is 1680 g/mol. The number of para-hydroxylation sites is 4. The Balaban J connectivity index is 0.000000146. The number of aromatic nitrogens is 6. The Labute approximate surface area is 762 Å². The zero-order chi connectivity index (χ0) is 87.4. The first-order valence-electron chi connectivity index (χ1n) is 44.6. The summed E-state index contributed by atoms with van der Waals surface area (Å²) < 4.78 is 13.2. The summed E-state index contributed by atoms with van der Waals surface area (Å²) in [5.41, 5.74) is 34.9. The first kappa shape index (κ1) is 77.8. The lowest BCUT2D eigenvalue weighted by Gasteiger charge is -2.16. The van der Waals surface area contributed by atoms with E-state index >= 15 is 0 Å². The van der Waals surface area contributed by atoms with Crippen molar-refractivity contribution < 1.29 is 8.83 Å². The summed E-state index contributed by atoms with van der Waals surface area (Å²) in [5, 5.41) is 11.1. The van der Waals surface area contributed by atoms with Gasteiger partial charge in [-0.05, 0) is 115 Å². The van der Waals surface area contributed by atoms with Gasteiger partial charge in [-0.3, -0.25) is 0 Å². The fourth-order valence-electron chi connectivity index (χ4n) is 18.9. The van der Waals surface area contributed by atoms with Gasteiger partial charge in [0.05, 0.1) is 45.2 Å². The van der Waals surface area contributed by atoms with Crippen molar-refractivity contribution in [3.05, 3.63) is 473 Å². The Morgan fingerprint density at radius 2 is 0.356 bits per heavy atom. The lowest BCUT2D eigenvalue weighted by molar-refractivity contribution is 0.669. The van der Waals surface area contributed by atoms with Crippen LogP contribution in [0.25, 0.3) is 255 Å². The number of fused-ring (bicyclic) bond motifs is 12. The van der Waals surface area contributed by atoms with E-state index in [1.54, 1.807) is 0 Å². The Morgan fingerprint density at radius 3 is 0.659 bits per heavy atom. The van der Waals surface area contributed by atoms with Crippen LogP contribution in [0.2, 0.25) is 0 Å². The molecule has 0 unspecified atom stereocenters. The predicted octanol–water partition coefficient (Wildman–Crippen LogP) is 33.2. The van der Waals surface area contributed by atoms with Crippen molar-refractivity contribution in [3.8, 4) is 168 Å². The largest absolute Gasteiger partial charge is 0.456 e. The maximum atomic E-state index is 6.60. The smallest absolute Gasteiger partial charge is 0.160 e. The molecule has 8 nitrogen and oxygen atoms in total. The van der Waals surface area contributed by atoms with Crippen LogP contribution in [-0.2, 0) is 0 Å². The van der Waals surface area contributed by atoms with Gasteiger partial charge < -0.3 is 8.83 Å². The summed E-state index contributed by atoms with van der Waals surface area (Å²) in [4.78, 5) is 31.3. The van der Waals surface area contributed by atoms with E-state index in [0.29, 0.717) is 11.6 Å². The van der Waals surface area contributed by atoms with Crippen LogP contribution in [0.4, 0.5) is 0 Å². The minimum atomic E-state index is 0.673. The van der Waals surface area contributed by atoms with E-state index in [9.17, 15) is 0 Å². The number of nitrogens with zero attached hydrogens (tertiary/aromatic N) is 6. The van der Waals surface area contributed by atoms with Gasteiger partial charge in [0.25, 0.3) is 0 Å². The second kappa shape index (κ2) is 33.6. The lowest BCUT2D eigenvalue weighted by Crippen LogP contribution is -1.96. The molecular formula is C124H78N6O2. The molecule has 25 aromatic rings. The molecule has 19 aromatic carbocycles. The van der Waals surface area contributed by atoms with Gasteiger partial charge in [0.2, 0.25) is 0 Å². The highest BCUT2D eigenvalue weighted by Crippen LogP contribution is 2.50. The Bertz CT molecular complexity index is 8540. The minimum absolute atomic E-state index is 0.673. The average Bonchev–Trinajstić information content (AvgIpc) is 1.38. The second-order valence-electron chi connectivity index (χ2n) is 33.4. The summed E-state index contributed by atoms with van der Waals surface area (Å²) >= 11 is 0. The molecule has 0 N–H and O–H groups in total. The van der Waals surface area contributed by atoms with E-state index in [2.05, 4.69) is 425 Å². The topological polar surface area (TPSA) is 104 Å². The quantitative estimate of drug-likeness (QED) is 0.0935. The van der Waals surface area contributed by atoms with Gasteiger partial charge in [-0.15, -0.1) is 0 Å². The standard InChI is InChI=1S/C65H41N3O.C59H37N3O/c1-4-14-42(15-5-1)44-24-32-48(33-25-44)57-41-58(49-34-26-45(27-35-49)43-16-6-2-7-17-43)68-65(67-57)52-38-30-47(31-39-52)46-28-36-51(37-29-46)64-55-40-60-63(54-21-11-13-23-59(54)69-60)61(50-18-8-3-9-19-50)62(55)53-20-10-12-22-56(53)66-64;1-4-14-38(15-5-1)39-24-30-43(31-25-39)52-37-51(42-16-6-2-7-17-42)61-59(62-52)46-34-28-41(29-35-46)40-26-32-45(33-27-40)58-49-36-54-57(48-21-11-13-23-53(48)63-54)55(44-18-8-3-9-19-44)56(49)47-20-10-12-22-50(47)60-58/h1-41H;1-37H. The van der Waals surface area contributed by atoms with Gasteiger partial charge in [0.15, 0.2) is 11.6 Å². The molecule has 0 saturated carbocycles. The summed E-state index contributed by atoms with van der Waals surface area (Å²) in [6.45, 7) is 0. The minimum Gasteiger partial charge on any atom is -0.456 e. The summed E-state index contributed by atoms with van der Waals surface area (Å²) in [5.74, 6) is 1.36. The maximum Gasteiger partial charge on any atom is 0.160 e. The molecule has 0 bridgehead atoms. The van der Waals surface area contributed by atoms with Gasteiger partial charge >= 0.3 is 0 Å². The summed E-state index contributed by atoms with van der Waals surface area (Å²) in [6, 6.07) is 166. The van der Waals surface area contributed by atoms with E-state index in [4.69, 9.17) is 38.7 Å². The van der Waals surface area contributed by atoms with Crippen LogP contribution in [0.15, 0.2) is 482 Å². The first-order valence-corrected chi connectivity index (χ1v) is 44.6. The molecule has 0 saturated heterocycles. The monoisotopic (exact) mass is 1680 g/mol. The molecule has 8 heteroatoms. The number of benzene rings is 19. The van der Waals surface area contributed by atoms with Crippen LogP contribution in [0.1, 0.15) is 0 Å². The van der Waals surface area contributed by atoms with Gasteiger partial charge in [0, 0.05) is 109 Å². The zero-order valence-electron chi connectivity index (χ0n) is 71.5. The van der Waals surface area contributed by atoms with E-state index in [1.165, 1.54) is 33.0 Å². The third-order valence-electron chi connectivity index (χ3n) is 25.4. The van der Waals surface area contributed by atoms with E-state index in [0.717, 1.165) is 211 Å². The van der Waals surface area contributed by atoms with Crippen molar-refractivity contribution >= 4 is 87.2 Å². The van der Waals surface area contributed by atoms with Gasteiger partial charge in [-0.2, -0.15) is 0 Å². The molecule has 0 atom stereocenters. The third-order valence-corrected chi connectivity index (χ3v) is 25.4. The normalized spacial score (nSPS) is 11.5. The number of hydrogen-bond donors (Lipinski definition) is 0. The van der Waals surface area contributed by atoms with Crippen LogP contribution in [0, 0.1) is 0 Å². The lowest BCUT2D eigenvalue weighted by atomic mass is 9.89. The molecule has 0 aliphatic heterocycles. The predicted molar refractivity (Wildman–Crippen MR) is 546 cm³/mol. The highest BCUT2D eigenvalue weighted by Gasteiger charge is 2.26. The highest BCUT2D eigenvalue weighted by atomic mass is 16.3. The summed E-state index contributed by atoms with van der Waals surface area (Å²) in [7, 11) is 0. The molecule has 0 radical (unpaired) electrons. The number of pyridine rings is 2. The molecule has 6 aromatic heterocycles. The first-order chi connectivity index (χ1) is 65.4. The van der Waals surface area contributed by atoms with Crippen LogP contribution < -0.4 is 0 Å². The molecule has 25 rings (SSSR count). The maximum absolute atomic E-state index is 6.60. The Morgan fingerprint density at radius 1 is 0.136 bits per heavy atom. The van der Waals surface area contributed by atoms with Gasteiger partial charge in [-0.1, -0.05) is 425 Å². The molecule has 0 amide bonds. The van der Waals surface area contributed by atoms with Crippen molar-refractivity contribution in [1.29, 1.82) is 0 Å². The molecule has 6 heterocycles. The third kappa shape index (κ3) is 14.6. The van der Waals surface area contributed by atoms with E-state index in [1.807, 2.05) is 48.5 Å². The molecule has 0 spiro atoms.